The maximum atomic E-state index is 5.43. The lowest BCUT2D eigenvalue weighted by atomic mass is 9.98. The summed E-state index contributed by atoms with van der Waals surface area (Å²) in [5, 5.41) is 3.62. The minimum absolute atomic E-state index is 0.436. The van der Waals surface area contributed by atoms with Crippen LogP contribution in [0.15, 0.2) is 0 Å². The number of hydrogen-bond acceptors (Lipinski definition) is 3. The van der Waals surface area contributed by atoms with Gasteiger partial charge in [0.15, 0.2) is 0 Å². The average molecular weight is 231 g/mol. The normalized spacial score (nSPS) is 22.6. The van der Waals surface area contributed by atoms with Crippen LogP contribution >= 0.6 is 11.8 Å². The molecule has 1 atom stereocenters. The zero-order valence-corrected chi connectivity index (χ0v) is 11.2. The standard InChI is InChI=1S/C12H25NOS/c1-4-11(2)9-13-10-12(15-3)5-7-14-8-6-12/h11,13H,4-10H2,1-3H3. The molecule has 15 heavy (non-hydrogen) atoms. The first-order valence-corrected chi connectivity index (χ1v) is 7.28. The molecule has 0 radical (unpaired) electrons. The molecule has 3 heteroatoms. The van der Waals surface area contributed by atoms with E-state index in [1.165, 1.54) is 19.3 Å². The molecule has 1 rings (SSSR count). The Hall–Kier alpha value is 0.270. The van der Waals surface area contributed by atoms with Crippen molar-refractivity contribution >= 4 is 11.8 Å². The monoisotopic (exact) mass is 231 g/mol. The molecule has 1 aliphatic rings. The van der Waals surface area contributed by atoms with E-state index < -0.39 is 0 Å². The van der Waals surface area contributed by atoms with Crippen LogP contribution in [0.25, 0.3) is 0 Å². The fourth-order valence-corrected chi connectivity index (χ4v) is 2.71. The fraction of sp³-hybridized carbons (Fsp3) is 1.00. The van der Waals surface area contributed by atoms with Crippen molar-refractivity contribution in [1.29, 1.82) is 0 Å². The van der Waals surface area contributed by atoms with Gasteiger partial charge < -0.3 is 10.1 Å². The van der Waals surface area contributed by atoms with E-state index in [1.54, 1.807) is 0 Å². The molecule has 1 N–H and O–H groups in total. The van der Waals surface area contributed by atoms with Crippen LogP contribution in [0.3, 0.4) is 0 Å². The fourth-order valence-electron chi connectivity index (χ4n) is 1.89. The molecule has 0 aromatic rings. The Bertz CT molecular complexity index is 169. The molecule has 1 fully saturated rings. The molecule has 0 amide bonds. The maximum absolute atomic E-state index is 5.43. The zero-order chi connectivity index (χ0) is 11.1. The second-order valence-electron chi connectivity index (χ2n) is 4.64. The second-order valence-corrected chi connectivity index (χ2v) is 5.92. The zero-order valence-electron chi connectivity index (χ0n) is 10.3. The van der Waals surface area contributed by atoms with E-state index >= 15 is 0 Å². The smallest absolute Gasteiger partial charge is 0.0479 e. The molecule has 0 aromatic carbocycles. The van der Waals surface area contributed by atoms with Crippen molar-refractivity contribution in [3.05, 3.63) is 0 Å². The van der Waals surface area contributed by atoms with E-state index in [2.05, 4.69) is 25.4 Å². The van der Waals surface area contributed by atoms with Crippen molar-refractivity contribution in [2.45, 2.75) is 37.9 Å². The molecule has 1 saturated heterocycles. The molecule has 90 valence electrons. The first-order valence-electron chi connectivity index (χ1n) is 6.06. The van der Waals surface area contributed by atoms with Gasteiger partial charge in [-0.3, -0.25) is 0 Å². The Labute approximate surface area is 98.5 Å². The lowest BCUT2D eigenvalue weighted by Crippen LogP contribution is -2.43. The maximum Gasteiger partial charge on any atom is 0.0479 e. The predicted molar refractivity (Wildman–Crippen MR) is 68.6 cm³/mol. The molecule has 0 saturated carbocycles. The van der Waals surface area contributed by atoms with Gasteiger partial charge in [0.25, 0.3) is 0 Å². The van der Waals surface area contributed by atoms with Crippen LogP contribution in [0.1, 0.15) is 33.1 Å². The second kappa shape index (κ2) is 6.77. The summed E-state index contributed by atoms with van der Waals surface area (Å²) in [7, 11) is 0. The van der Waals surface area contributed by atoms with E-state index in [4.69, 9.17) is 4.74 Å². The van der Waals surface area contributed by atoms with E-state index in [-0.39, 0.29) is 0 Å². The van der Waals surface area contributed by atoms with Crippen LogP contribution in [0, 0.1) is 5.92 Å². The highest BCUT2D eigenvalue weighted by molar-refractivity contribution is 8.00. The predicted octanol–water partition coefficient (Wildman–Crippen LogP) is 2.53. The Morgan fingerprint density at radius 1 is 1.40 bits per heavy atom. The summed E-state index contributed by atoms with van der Waals surface area (Å²) in [6.45, 7) is 8.73. The topological polar surface area (TPSA) is 21.3 Å². The first kappa shape index (κ1) is 13.3. The van der Waals surface area contributed by atoms with Gasteiger partial charge in [-0.05, 0) is 31.6 Å². The summed E-state index contributed by atoms with van der Waals surface area (Å²) in [6, 6.07) is 0. The van der Waals surface area contributed by atoms with Gasteiger partial charge >= 0.3 is 0 Å². The van der Waals surface area contributed by atoms with Crippen molar-refractivity contribution in [3.63, 3.8) is 0 Å². The Morgan fingerprint density at radius 3 is 2.60 bits per heavy atom. The molecular weight excluding hydrogens is 206 g/mol. The van der Waals surface area contributed by atoms with Crippen LogP contribution < -0.4 is 5.32 Å². The number of rotatable bonds is 6. The van der Waals surface area contributed by atoms with Crippen LogP contribution in [0.2, 0.25) is 0 Å². The minimum Gasteiger partial charge on any atom is -0.381 e. The van der Waals surface area contributed by atoms with Crippen molar-refractivity contribution in [1.82, 2.24) is 5.32 Å². The van der Waals surface area contributed by atoms with E-state index in [9.17, 15) is 0 Å². The van der Waals surface area contributed by atoms with Gasteiger partial charge in [-0.25, -0.2) is 0 Å². The van der Waals surface area contributed by atoms with E-state index in [1.807, 2.05) is 11.8 Å². The average Bonchev–Trinajstić information content (AvgIpc) is 2.30. The van der Waals surface area contributed by atoms with Gasteiger partial charge in [0.2, 0.25) is 0 Å². The highest BCUT2D eigenvalue weighted by Crippen LogP contribution is 2.32. The molecule has 0 aliphatic carbocycles. The molecule has 2 nitrogen and oxygen atoms in total. The Balaban J connectivity index is 2.26. The Morgan fingerprint density at radius 2 is 2.07 bits per heavy atom. The van der Waals surface area contributed by atoms with Gasteiger partial charge in [-0.15, -0.1) is 0 Å². The molecule has 1 unspecified atom stereocenters. The SMILES string of the molecule is CCC(C)CNCC1(SC)CCOCC1. The lowest BCUT2D eigenvalue weighted by molar-refractivity contribution is 0.0770. The van der Waals surface area contributed by atoms with Crippen molar-refractivity contribution < 1.29 is 4.74 Å². The lowest BCUT2D eigenvalue weighted by Gasteiger charge is -2.36. The number of ether oxygens (including phenoxy) is 1. The molecule has 1 heterocycles. The number of thioether (sulfide) groups is 1. The van der Waals surface area contributed by atoms with Gasteiger partial charge in [0.1, 0.15) is 0 Å². The summed E-state index contributed by atoms with van der Waals surface area (Å²) in [5.74, 6) is 0.795. The first-order chi connectivity index (χ1) is 7.22. The number of hydrogen-bond donors (Lipinski definition) is 1. The molecule has 0 spiro atoms. The minimum atomic E-state index is 0.436. The highest BCUT2D eigenvalue weighted by atomic mass is 32.2. The van der Waals surface area contributed by atoms with Crippen molar-refractivity contribution in [2.24, 2.45) is 5.92 Å². The summed E-state index contributed by atoms with van der Waals surface area (Å²) in [5.41, 5.74) is 0. The van der Waals surface area contributed by atoms with Crippen LogP contribution in [-0.2, 0) is 4.74 Å². The van der Waals surface area contributed by atoms with Crippen molar-refractivity contribution in [2.75, 3.05) is 32.6 Å². The summed E-state index contributed by atoms with van der Waals surface area (Å²) < 4.78 is 5.87. The third kappa shape index (κ3) is 4.33. The molecule has 1 aliphatic heterocycles. The summed E-state index contributed by atoms with van der Waals surface area (Å²) in [4.78, 5) is 0. The molecule has 0 bridgehead atoms. The van der Waals surface area contributed by atoms with Gasteiger partial charge in [-0.2, -0.15) is 11.8 Å². The highest BCUT2D eigenvalue weighted by Gasteiger charge is 2.31. The van der Waals surface area contributed by atoms with Crippen LogP contribution in [-0.4, -0.2) is 37.3 Å². The van der Waals surface area contributed by atoms with Gasteiger partial charge in [0, 0.05) is 24.5 Å². The van der Waals surface area contributed by atoms with Gasteiger partial charge in [0.05, 0.1) is 0 Å². The van der Waals surface area contributed by atoms with Crippen LogP contribution in [0.5, 0.6) is 0 Å². The Kier molecular flexibility index (Phi) is 6.02. The van der Waals surface area contributed by atoms with E-state index in [0.29, 0.717) is 4.75 Å². The van der Waals surface area contributed by atoms with Crippen LogP contribution in [0.4, 0.5) is 0 Å². The summed E-state index contributed by atoms with van der Waals surface area (Å²) >= 11 is 2.01. The summed E-state index contributed by atoms with van der Waals surface area (Å²) in [6.07, 6.45) is 5.89. The van der Waals surface area contributed by atoms with Gasteiger partial charge in [-0.1, -0.05) is 20.3 Å². The molecular formula is C12H25NOS. The van der Waals surface area contributed by atoms with Crippen molar-refractivity contribution in [3.8, 4) is 0 Å². The quantitative estimate of drug-likeness (QED) is 0.759. The van der Waals surface area contributed by atoms with E-state index in [0.717, 1.165) is 32.2 Å². The molecule has 0 aromatic heterocycles. The number of nitrogens with one attached hydrogen (secondary N) is 1. The largest absolute Gasteiger partial charge is 0.381 e. The third-order valence-corrected chi connectivity index (χ3v) is 4.89. The third-order valence-electron chi connectivity index (χ3n) is 3.47.